The third-order valence-corrected chi connectivity index (χ3v) is 7.33. The van der Waals surface area contributed by atoms with E-state index >= 15 is 0 Å². The highest BCUT2D eigenvalue weighted by Gasteiger charge is 2.42. The molecule has 37 heavy (non-hydrogen) atoms. The summed E-state index contributed by atoms with van der Waals surface area (Å²) < 4.78 is 5.35. The number of pyridine rings is 1. The predicted molar refractivity (Wildman–Crippen MR) is 134 cm³/mol. The van der Waals surface area contributed by atoms with Crippen LogP contribution in [0.1, 0.15) is 24.5 Å². The number of aliphatic hydroxyl groups excluding tert-OH is 6. The maximum Gasteiger partial charge on any atom is 0.335 e. The maximum atomic E-state index is 11.2. The zero-order chi connectivity index (χ0) is 27.3. The number of methoxy groups -OCH3 is 1. The van der Waals surface area contributed by atoms with E-state index in [1.165, 1.54) is 6.42 Å². The number of aromatic nitrogens is 1. The molecule has 1 aromatic carbocycles. The molecule has 5 rings (SSSR count). The molecule has 1 aromatic heterocycles. The molecule has 9 atom stereocenters. The highest BCUT2D eigenvalue weighted by Crippen LogP contribution is 2.42. The molecule has 3 fully saturated rings. The van der Waals surface area contributed by atoms with Crippen LogP contribution in [0.2, 0.25) is 0 Å². The minimum Gasteiger partial charge on any atom is -0.497 e. The molecule has 3 aliphatic rings. The van der Waals surface area contributed by atoms with Crippen molar-refractivity contribution in [2.24, 2.45) is 11.8 Å². The SMILES string of the molecule is C=C[C@H]1CN2CC[C@H]1C[C@@H]2[C@@H](O)c1ccnc2ccc(OC)cc12.O=C(O)[C@H](O)[C@H](O)[C@@H](O)[C@H](O)CO. The summed E-state index contributed by atoms with van der Waals surface area (Å²) in [6.45, 7) is 5.23. The number of carboxylic acids is 1. The van der Waals surface area contributed by atoms with E-state index in [2.05, 4.69) is 22.5 Å². The predicted octanol–water partition coefficient (Wildman–Crippen LogP) is -0.320. The monoisotopic (exact) mass is 520 g/mol. The van der Waals surface area contributed by atoms with Crippen molar-refractivity contribution in [3.05, 3.63) is 48.7 Å². The first-order chi connectivity index (χ1) is 17.6. The molecule has 11 heteroatoms. The number of nitrogens with zero attached hydrogens (tertiary/aromatic N) is 2. The molecule has 3 saturated heterocycles. The molecule has 204 valence electrons. The van der Waals surface area contributed by atoms with E-state index in [9.17, 15) is 9.90 Å². The van der Waals surface area contributed by atoms with Crippen molar-refractivity contribution in [2.75, 3.05) is 26.8 Å². The smallest absolute Gasteiger partial charge is 0.335 e. The molecular weight excluding hydrogens is 484 g/mol. The minimum absolute atomic E-state index is 0.178. The number of carbonyl (C=O) groups is 1. The number of hydrogen-bond acceptors (Lipinski definition) is 10. The van der Waals surface area contributed by atoms with Gasteiger partial charge in [0.15, 0.2) is 6.10 Å². The van der Waals surface area contributed by atoms with E-state index in [1.807, 2.05) is 24.3 Å². The normalized spacial score (nSPS) is 26.8. The van der Waals surface area contributed by atoms with Crippen LogP contribution in [-0.2, 0) is 4.79 Å². The Morgan fingerprint density at radius 3 is 2.51 bits per heavy atom. The number of hydrogen-bond donors (Lipinski definition) is 7. The van der Waals surface area contributed by atoms with Gasteiger partial charge in [-0.15, -0.1) is 6.58 Å². The average molecular weight is 521 g/mol. The molecule has 2 bridgehead atoms. The van der Waals surface area contributed by atoms with Crippen LogP contribution in [0, 0.1) is 11.8 Å². The summed E-state index contributed by atoms with van der Waals surface area (Å²) in [6.07, 6.45) is -2.22. The fourth-order valence-electron chi connectivity index (χ4n) is 5.11. The van der Waals surface area contributed by atoms with Gasteiger partial charge in [0.1, 0.15) is 24.1 Å². The number of ether oxygens (including phenoxy) is 1. The Labute approximate surface area is 214 Å². The van der Waals surface area contributed by atoms with Crippen molar-refractivity contribution < 1.29 is 45.3 Å². The summed E-state index contributed by atoms with van der Waals surface area (Å²) in [4.78, 5) is 16.9. The van der Waals surface area contributed by atoms with Crippen LogP contribution in [0.5, 0.6) is 5.75 Å². The Kier molecular flexibility index (Phi) is 9.96. The third kappa shape index (κ3) is 6.44. The topological polar surface area (TPSA) is 184 Å². The molecule has 0 saturated carbocycles. The van der Waals surface area contributed by atoms with Crippen LogP contribution < -0.4 is 4.74 Å². The average Bonchev–Trinajstić information content (AvgIpc) is 2.94. The van der Waals surface area contributed by atoms with Crippen LogP contribution in [-0.4, -0.2) is 109 Å². The Bertz CT molecular complexity index is 1070. The van der Waals surface area contributed by atoms with Gasteiger partial charge in [-0.25, -0.2) is 4.79 Å². The van der Waals surface area contributed by atoms with Crippen LogP contribution >= 0.6 is 0 Å². The summed E-state index contributed by atoms with van der Waals surface area (Å²) in [5.74, 6) is 0.282. The van der Waals surface area contributed by atoms with Crippen molar-refractivity contribution in [3.63, 3.8) is 0 Å². The number of carboxylic acid groups (broad SMARTS) is 1. The van der Waals surface area contributed by atoms with Gasteiger partial charge in [-0.3, -0.25) is 9.88 Å². The molecule has 0 amide bonds. The number of aliphatic hydroxyl groups is 6. The van der Waals surface area contributed by atoms with Crippen LogP contribution in [0.15, 0.2) is 43.1 Å². The van der Waals surface area contributed by atoms with E-state index in [1.54, 1.807) is 13.3 Å². The Balaban J connectivity index is 0.000000251. The van der Waals surface area contributed by atoms with E-state index in [4.69, 9.17) is 35.4 Å². The molecule has 11 nitrogen and oxygen atoms in total. The molecule has 0 aliphatic carbocycles. The lowest BCUT2D eigenvalue weighted by Gasteiger charge is -2.50. The van der Waals surface area contributed by atoms with Crippen molar-refractivity contribution in [1.82, 2.24) is 9.88 Å². The van der Waals surface area contributed by atoms with Crippen LogP contribution in [0.4, 0.5) is 0 Å². The van der Waals surface area contributed by atoms with Gasteiger partial charge in [0.05, 0.1) is 25.3 Å². The number of rotatable bonds is 9. The summed E-state index contributed by atoms with van der Waals surface area (Å²) in [6, 6.07) is 7.96. The molecule has 0 spiro atoms. The van der Waals surface area contributed by atoms with Crippen molar-refractivity contribution >= 4 is 16.9 Å². The lowest BCUT2D eigenvalue weighted by Crippen LogP contribution is -2.54. The highest BCUT2D eigenvalue weighted by molar-refractivity contribution is 5.84. The van der Waals surface area contributed by atoms with Crippen molar-refractivity contribution in [2.45, 2.75) is 49.4 Å². The summed E-state index contributed by atoms with van der Waals surface area (Å²) in [7, 11) is 1.66. The summed E-state index contributed by atoms with van der Waals surface area (Å²) in [5, 5.41) is 63.9. The quantitative estimate of drug-likeness (QED) is 0.215. The first kappa shape index (κ1) is 28.9. The first-order valence-electron chi connectivity index (χ1n) is 12.2. The van der Waals surface area contributed by atoms with Gasteiger partial charge in [-0.1, -0.05) is 6.08 Å². The molecular formula is C26H36N2O9. The maximum absolute atomic E-state index is 11.2. The van der Waals surface area contributed by atoms with Gasteiger partial charge in [-0.2, -0.15) is 0 Å². The highest BCUT2D eigenvalue weighted by atomic mass is 16.5. The second-order valence-corrected chi connectivity index (χ2v) is 9.49. The van der Waals surface area contributed by atoms with Gasteiger partial charge in [0.2, 0.25) is 0 Å². The zero-order valence-electron chi connectivity index (χ0n) is 20.7. The van der Waals surface area contributed by atoms with Crippen LogP contribution in [0.3, 0.4) is 0 Å². The molecule has 4 heterocycles. The Morgan fingerprint density at radius 2 is 1.95 bits per heavy atom. The third-order valence-electron chi connectivity index (χ3n) is 7.33. The number of fused-ring (bicyclic) bond motifs is 4. The van der Waals surface area contributed by atoms with Crippen LogP contribution in [0.25, 0.3) is 10.9 Å². The van der Waals surface area contributed by atoms with Gasteiger partial charge in [0.25, 0.3) is 0 Å². The number of aliphatic carboxylic acids is 1. The van der Waals surface area contributed by atoms with Gasteiger partial charge in [-0.05, 0) is 61.1 Å². The lowest BCUT2D eigenvalue weighted by molar-refractivity contribution is -0.164. The van der Waals surface area contributed by atoms with E-state index in [-0.39, 0.29) is 6.04 Å². The molecule has 7 N–H and O–H groups in total. The second-order valence-electron chi connectivity index (χ2n) is 9.49. The molecule has 2 aromatic rings. The molecule has 1 unspecified atom stereocenters. The first-order valence-corrected chi connectivity index (χ1v) is 12.2. The zero-order valence-corrected chi connectivity index (χ0v) is 20.7. The largest absolute Gasteiger partial charge is 0.497 e. The van der Waals surface area contributed by atoms with Gasteiger partial charge in [0, 0.05) is 24.2 Å². The van der Waals surface area contributed by atoms with E-state index in [0.29, 0.717) is 11.8 Å². The number of benzene rings is 1. The van der Waals surface area contributed by atoms with Crippen molar-refractivity contribution in [3.8, 4) is 5.75 Å². The fourth-order valence-corrected chi connectivity index (χ4v) is 5.11. The van der Waals surface area contributed by atoms with Gasteiger partial charge < -0.3 is 40.5 Å². The van der Waals surface area contributed by atoms with Crippen molar-refractivity contribution in [1.29, 1.82) is 0 Å². The number of piperidine rings is 3. The second kappa shape index (κ2) is 12.7. The molecule has 3 aliphatic heterocycles. The Hall–Kier alpha value is -2.64. The molecule has 0 radical (unpaired) electrons. The standard InChI is InChI=1S/C20H24N2O2.C6H12O7/c1-3-13-12-22-9-7-14(13)10-19(22)20(23)16-6-8-21-18-5-4-15(24-2)11-17(16)18;7-1-2(8)3(9)4(10)5(11)6(12)13/h3-6,8,11,13-14,19-20,23H,1,7,9-10,12H2,2H3;2-5,7-11H,1H2,(H,12,13)/t13-,14-,19+,20-;2-,3+,4-,5-/m01/s1. The van der Waals surface area contributed by atoms with Gasteiger partial charge >= 0.3 is 5.97 Å². The van der Waals surface area contributed by atoms with E-state index < -0.39 is 43.1 Å². The van der Waals surface area contributed by atoms with E-state index in [0.717, 1.165) is 41.7 Å². The summed E-state index contributed by atoms with van der Waals surface area (Å²) in [5.41, 5.74) is 1.85. The summed E-state index contributed by atoms with van der Waals surface area (Å²) >= 11 is 0. The lowest BCUT2D eigenvalue weighted by atomic mass is 9.73. The minimum atomic E-state index is -2.20. The fraction of sp³-hybridized carbons (Fsp3) is 0.538. The Morgan fingerprint density at radius 1 is 1.22 bits per heavy atom.